The van der Waals surface area contributed by atoms with Gasteiger partial charge in [0.2, 0.25) is 10.0 Å². The van der Waals surface area contributed by atoms with Crippen LogP contribution in [0, 0.1) is 0 Å². The van der Waals surface area contributed by atoms with Crippen molar-refractivity contribution in [2.45, 2.75) is 43.5 Å². The van der Waals surface area contributed by atoms with Gasteiger partial charge in [0, 0.05) is 43.5 Å². The van der Waals surface area contributed by atoms with Gasteiger partial charge in [0.1, 0.15) is 16.0 Å². The van der Waals surface area contributed by atoms with Gasteiger partial charge in [-0.15, -0.1) is 11.3 Å². The lowest BCUT2D eigenvalue weighted by atomic mass is 10.2. The Balaban J connectivity index is 1.52. The zero-order valence-electron chi connectivity index (χ0n) is 25.8. The van der Waals surface area contributed by atoms with Crippen molar-refractivity contribution in [2.75, 3.05) is 31.9 Å². The average molecular weight is 693 g/mol. The number of piperazine rings is 1. The zero-order chi connectivity index (χ0) is 33.7. The van der Waals surface area contributed by atoms with Gasteiger partial charge in [0.15, 0.2) is 0 Å². The number of hydroxylamine groups is 1. The number of carbonyl (C=O) groups is 3. The fourth-order valence-corrected chi connectivity index (χ4v) is 8.82. The molecule has 4 rings (SSSR count). The highest BCUT2D eigenvalue weighted by Crippen LogP contribution is 2.34. The van der Waals surface area contributed by atoms with Crippen LogP contribution in [-0.4, -0.2) is 86.8 Å². The number of nitrogens with zero attached hydrogens (tertiary/aromatic N) is 2. The maximum absolute atomic E-state index is 13.9. The first-order chi connectivity index (χ1) is 21.6. The predicted octanol–water partition coefficient (Wildman–Crippen LogP) is 2.62. The fraction of sp³-hybridized carbons (Fsp3) is 0.367. The minimum atomic E-state index is -4.26. The van der Waals surface area contributed by atoms with Crippen LogP contribution < -0.4 is 15.5 Å². The molecule has 1 saturated heterocycles. The first-order valence-corrected chi connectivity index (χ1v) is 18.1. The third-order valence-electron chi connectivity index (χ3n) is 6.67. The van der Waals surface area contributed by atoms with Crippen molar-refractivity contribution in [3.8, 4) is 16.2 Å². The van der Waals surface area contributed by atoms with E-state index >= 15 is 0 Å². The van der Waals surface area contributed by atoms with Crippen LogP contribution in [-0.2, 0) is 34.5 Å². The summed E-state index contributed by atoms with van der Waals surface area (Å²) in [6.07, 6.45) is 0. The minimum absolute atomic E-state index is 0.0407. The molecule has 2 amide bonds. The second-order valence-corrected chi connectivity index (χ2v) is 16.6. The molecule has 0 bridgehead atoms. The van der Waals surface area contributed by atoms with Crippen molar-refractivity contribution < 1.29 is 40.8 Å². The lowest BCUT2D eigenvalue weighted by Crippen LogP contribution is -2.62. The van der Waals surface area contributed by atoms with Crippen molar-refractivity contribution in [1.29, 1.82) is 0 Å². The molecule has 1 fully saturated rings. The zero-order valence-corrected chi connectivity index (χ0v) is 28.2. The van der Waals surface area contributed by atoms with E-state index in [9.17, 15) is 31.2 Å². The standard InChI is InChI=1S/C30H36N4O9S3/c1-21(35)42-24-12-10-22(11-13-24)26-14-15-27(44-26)46(40,41)34-18-17-33(20-25(34)29(37)32-43-30(2,3)4)45(38,39)19-16-31-28(36)23-8-6-5-7-9-23/h5-15,25H,16-20H2,1-4H3,(H,31,36)(H,32,37)/t25-/m1/s1. The van der Waals surface area contributed by atoms with E-state index in [4.69, 9.17) is 9.57 Å². The van der Waals surface area contributed by atoms with E-state index < -0.39 is 61.8 Å². The van der Waals surface area contributed by atoms with Crippen LogP contribution in [0.5, 0.6) is 5.75 Å². The van der Waals surface area contributed by atoms with E-state index in [1.807, 2.05) is 0 Å². The van der Waals surface area contributed by atoms with Gasteiger partial charge >= 0.3 is 5.97 Å². The van der Waals surface area contributed by atoms with Crippen LogP contribution in [0.3, 0.4) is 0 Å². The predicted molar refractivity (Wildman–Crippen MR) is 172 cm³/mol. The third-order valence-corrected chi connectivity index (χ3v) is 12.0. The van der Waals surface area contributed by atoms with Crippen molar-refractivity contribution >= 4 is 49.2 Å². The van der Waals surface area contributed by atoms with Crippen molar-refractivity contribution in [2.24, 2.45) is 0 Å². The highest BCUT2D eigenvalue weighted by Gasteiger charge is 2.44. The number of benzene rings is 2. The number of sulfonamides is 2. The second-order valence-electron chi connectivity index (χ2n) is 11.3. The Labute approximate surface area is 272 Å². The van der Waals surface area contributed by atoms with E-state index in [2.05, 4.69) is 10.8 Å². The maximum atomic E-state index is 13.9. The maximum Gasteiger partial charge on any atom is 0.308 e. The molecule has 2 N–H and O–H groups in total. The monoisotopic (exact) mass is 692 g/mol. The summed E-state index contributed by atoms with van der Waals surface area (Å²) in [5.41, 5.74) is 2.55. The van der Waals surface area contributed by atoms with Gasteiger partial charge in [-0.2, -0.15) is 8.61 Å². The highest BCUT2D eigenvalue weighted by atomic mass is 32.2. The molecule has 16 heteroatoms. The molecule has 248 valence electrons. The summed E-state index contributed by atoms with van der Waals surface area (Å²) in [6.45, 7) is 5.22. The molecule has 2 aromatic carbocycles. The Morgan fingerprint density at radius 3 is 2.24 bits per heavy atom. The van der Waals surface area contributed by atoms with E-state index in [1.165, 1.54) is 13.0 Å². The Morgan fingerprint density at radius 2 is 1.61 bits per heavy atom. The molecule has 0 unspecified atom stereocenters. The van der Waals surface area contributed by atoms with Crippen molar-refractivity contribution in [1.82, 2.24) is 19.4 Å². The smallest absolute Gasteiger partial charge is 0.308 e. The summed E-state index contributed by atoms with van der Waals surface area (Å²) in [7, 11) is -8.26. The number of thiophene rings is 1. The van der Waals surface area contributed by atoms with Crippen LogP contribution in [0.4, 0.5) is 0 Å². The number of amides is 2. The van der Waals surface area contributed by atoms with Crippen LogP contribution in [0.1, 0.15) is 38.1 Å². The van der Waals surface area contributed by atoms with Gasteiger partial charge in [-0.25, -0.2) is 22.3 Å². The Kier molecular flexibility index (Phi) is 11.0. The van der Waals surface area contributed by atoms with Crippen LogP contribution in [0.15, 0.2) is 70.9 Å². The summed E-state index contributed by atoms with van der Waals surface area (Å²) in [5, 5.41) is 2.58. The normalized spacial score (nSPS) is 16.5. The molecule has 0 radical (unpaired) electrons. The molecule has 3 aromatic rings. The highest BCUT2D eigenvalue weighted by molar-refractivity contribution is 7.91. The van der Waals surface area contributed by atoms with Crippen molar-refractivity contribution in [3.05, 3.63) is 72.3 Å². The van der Waals surface area contributed by atoms with Gasteiger partial charge in [-0.1, -0.05) is 18.2 Å². The molecule has 0 spiro atoms. The number of hydrogen-bond acceptors (Lipinski definition) is 10. The summed E-state index contributed by atoms with van der Waals surface area (Å²) < 4.78 is 61.4. The largest absolute Gasteiger partial charge is 0.427 e. The number of esters is 1. The van der Waals surface area contributed by atoms with E-state index in [0.29, 0.717) is 21.8 Å². The molecule has 0 saturated carbocycles. The SMILES string of the molecule is CC(=O)Oc1ccc(-c2ccc(S(=O)(=O)N3CCN(S(=O)(=O)CCNC(=O)c4ccccc4)C[C@@H]3C(=O)NOC(C)(C)C)s2)cc1. The van der Waals surface area contributed by atoms with E-state index in [1.54, 1.807) is 81.4 Å². The Hall–Kier alpha value is -3.67. The fourth-order valence-electron chi connectivity index (χ4n) is 4.46. The van der Waals surface area contributed by atoms with Gasteiger partial charge in [-0.3, -0.25) is 19.2 Å². The van der Waals surface area contributed by atoms with Gasteiger partial charge in [0.25, 0.3) is 21.8 Å². The van der Waals surface area contributed by atoms with Crippen LogP contribution in [0.25, 0.3) is 10.4 Å². The topological polar surface area (TPSA) is 168 Å². The number of hydrogen-bond donors (Lipinski definition) is 2. The lowest BCUT2D eigenvalue weighted by molar-refractivity contribution is -0.150. The Morgan fingerprint density at radius 1 is 0.935 bits per heavy atom. The van der Waals surface area contributed by atoms with Crippen molar-refractivity contribution in [3.63, 3.8) is 0 Å². The first-order valence-electron chi connectivity index (χ1n) is 14.3. The molecule has 2 heterocycles. The quantitative estimate of drug-likeness (QED) is 0.174. The number of ether oxygens (including phenoxy) is 1. The molecular weight excluding hydrogens is 657 g/mol. The van der Waals surface area contributed by atoms with Crippen LogP contribution in [0.2, 0.25) is 0 Å². The molecule has 1 aromatic heterocycles. The molecule has 1 aliphatic heterocycles. The molecule has 1 aliphatic rings. The number of rotatable bonds is 11. The lowest BCUT2D eigenvalue weighted by Gasteiger charge is -2.38. The van der Waals surface area contributed by atoms with Gasteiger partial charge in [-0.05, 0) is 74.9 Å². The van der Waals surface area contributed by atoms with Crippen LogP contribution >= 0.6 is 11.3 Å². The Bertz CT molecular complexity index is 1770. The van der Waals surface area contributed by atoms with E-state index in [-0.39, 0.29) is 23.8 Å². The minimum Gasteiger partial charge on any atom is -0.427 e. The first kappa shape index (κ1) is 35.2. The molecule has 0 aliphatic carbocycles. The second kappa shape index (κ2) is 14.4. The molecular formula is C30H36N4O9S3. The number of nitrogens with one attached hydrogen (secondary N) is 2. The molecule has 46 heavy (non-hydrogen) atoms. The van der Waals surface area contributed by atoms with Gasteiger partial charge < -0.3 is 10.1 Å². The summed E-state index contributed by atoms with van der Waals surface area (Å²) in [6, 6.07) is 16.5. The average Bonchev–Trinajstić information content (AvgIpc) is 3.51. The van der Waals surface area contributed by atoms with E-state index in [0.717, 1.165) is 19.9 Å². The summed E-state index contributed by atoms with van der Waals surface area (Å²) in [5.74, 6) is -1.83. The number of carbonyl (C=O) groups excluding carboxylic acids is 3. The third kappa shape index (κ3) is 8.98. The summed E-state index contributed by atoms with van der Waals surface area (Å²) in [4.78, 5) is 42.9. The molecule has 13 nitrogen and oxygen atoms in total. The summed E-state index contributed by atoms with van der Waals surface area (Å²) >= 11 is 0.984. The van der Waals surface area contributed by atoms with Gasteiger partial charge in [0.05, 0.1) is 11.4 Å². The molecule has 1 atom stereocenters.